The normalized spacial score (nSPS) is 21.4. The van der Waals surface area contributed by atoms with Crippen molar-refractivity contribution in [1.82, 2.24) is 9.79 Å². The molecule has 8 nitrogen and oxygen atoms in total. The van der Waals surface area contributed by atoms with E-state index in [9.17, 15) is 21.8 Å². The quantitative estimate of drug-likeness (QED) is 0.492. The monoisotopic (exact) mass is 470 g/mol. The van der Waals surface area contributed by atoms with Crippen molar-refractivity contribution in [2.24, 2.45) is 0 Å². The number of carbonyl (C=O) groups is 1. The summed E-state index contributed by atoms with van der Waals surface area (Å²) in [5, 5.41) is 9.11. The van der Waals surface area contributed by atoms with Crippen molar-refractivity contribution in [2.75, 3.05) is 12.3 Å². The molecule has 1 heterocycles. The molecule has 3 rings (SSSR count). The molecule has 2 N–H and O–H groups in total. The molecule has 1 saturated heterocycles. The minimum Gasteiger partial charge on any atom is -0.489 e. The highest BCUT2D eigenvalue weighted by Gasteiger charge is 2.51. The van der Waals surface area contributed by atoms with Crippen LogP contribution < -0.4 is 10.2 Å². The van der Waals surface area contributed by atoms with Gasteiger partial charge in [0.2, 0.25) is 10.0 Å². The lowest BCUT2D eigenvalue weighted by molar-refractivity contribution is -0.134. The second-order valence-electron chi connectivity index (χ2n) is 7.53. The van der Waals surface area contributed by atoms with E-state index in [2.05, 4.69) is 0 Å². The Balaban J connectivity index is 1.81. The Kier molecular flexibility index (Phi) is 6.79. The van der Waals surface area contributed by atoms with Crippen molar-refractivity contribution < 1.29 is 31.8 Å². The van der Waals surface area contributed by atoms with E-state index < -0.39 is 37.5 Å². The van der Waals surface area contributed by atoms with Gasteiger partial charge in [-0.2, -0.15) is 4.31 Å². The van der Waals surface area contributed by atoms with Gasteiger partial charge in [0, 0.05) is 23.1 Å². The highest BCUT2D eigenvalue weighted by Crippen LogP contribution is 2.32. The van der Waals surface area contributed by atoms with Crippen LogP contribution in [0.1, 0.15) is 19.4 Å². The summed E-state index contributed by atoms with van der Waals surface area (Å²) in [6.45, 7) is 3.10. The fourth-order valence-electron chi connectivity index (χ4n) is 3.39. The van der Waals surface area contributed by atoms with Crippen LogP contribution in [-0.2, 0) is 32.2 Å². The van der Waals surface area contributed by atoms with E-state index in [4.69, 9.17) is 9.94 Å². The first kappa shape index (κ1) is 23.3. The Hall–Kier alpha value is -2.34. The molecule has 1 aliphatic heterocycles. The molecule has 1 amide bonds. The fourth-order valence-corrected chi connectivity index (χ4v) is 6.67. The Morgan fingerprint density at radius 1 is 1.23 bits per heavy atom. The molecular weight excluding hydrogens is 447 g/mol. The van der Waals surface area contributed by atoms with Gasteiger partial charge in [0.1, 0.15) is 24.2 Å². The van der Waals surface area contributed by atoms with E-state index >= 15 is 0 Å². The van der Waals surface area contributed by atoms with Gasteiger partial charge in [-0.05, 0) is 55.8 Å². The molecule has 168 valence electrons. The predicted octanol–water partition coefficient (Wildman–Crippen LogP) is 1.81. The summed E-state index contributed by atoms with van der Waals surface area (Å²) < 4.78 is 57.2. The molecule has 0 aromatic heterocycles. The number of carbonyl (C=O) groups excluding carboxylic acids is 1. The summed E-state index contributed by atoms with van der Waals surface area (Å²) in [5.41, 5.74) is 2.24. The third kappa shape index (κ3) is 4.79. The number of halogens is 1. The first-order valence-electron chi connectivity index (χ1n) is 9.39. The van der Waals surface area contributed by atoms with Gasteiger partial charge in [-0.1, -0.05) is 12.1 Å². The van der Waals surface area contributed by atoms with Gasteiger partial charge in [-0.15, -0.1) is 0 Å². The zero-order valence-corrected chi connectivity index (χ0v) is 18.6. The van der Waals surface area contributed by atoms with E-state index in [-0.39, 0.29) is 29.6 Å². The van der Waals surface area contributed by atoms with Gasteiger partial charge >= 0.3 is 0 Å². The minimum atomic E-state index is -4.12. The number of hydroxylamine groups is 1. The maximum Gasteiger partial charge on any atom is 0.263 e. The van der Waals surface area contributed by atoms with Crippen molar-refractivity contribution in [3.05, 3.63) is 59.9 Å². The standard InChI is InChI=1S/C20H23FN2O6S2/c1-20(2)18(19(24)22-25)23(11-12-30(20)26)31(27,28)17-9-7-16(8-10-17)29-13-14-3-5-15(21)6-4-14/h3-10,18,25H,11-13H2,1-2H3,(H,22,24). The first-order valence-corrected chi connectivity index (χ1v) is 12.1. The number of benzene rings is 2. The van der Waals surface area contributed by atoms with Crippen LogP contribution in [0.2, 0.25) is 0 Å². The molecule has 0 radical (unpaired) electrons. The lowest BCUT2D eigenvalue weighted by Crippen LogP contribution is -2.64. The SMILES string of the molecule is CC1(C)C(C(=O)NO)N(S(=O)(=O)c2ccc(OCc3ccc(F)cc3)cc2)CCS1=O. The summed E-state index contributed by atoms with van der Waals surface area (Å²) >= 11 is 0. The van der Waals surface area contributed by atoms with E-state index in [1.165, 1.54) is 55.7 Å². The number of sulfonamides is 1. The maximum absolute atomic E-state index is 13.2. The lowest BCUT2D eigenvalue weighted by atomic mass is 10.0. The highest BCUT2D eigenvalue weighted by atomic mass is 32.2. The summed E-state index contributed by atoms with van der Waals surface area (Å²) in [6.07, 6.45) is 0. The van der Waals surface area contributed by atoms with E-state index in [0.717, 1.165) is 9.87 Å². The van der Waals surface area contributed by atoms with Gasteiger partial charge < -0.3 is 4.74 Å². The zero-order chi connectivity index (χ0) is 22.8. The van der Waals surface area contributed by atoms with Crippen LogP contribution in [0.3, 0.4) is 0 Å². The summed E-state index contributed by atoms with van der Waals surface area (Å²) in [6, 6.07) is 10.1. The van der Waals surface area contributed by atoms with Crippen LogP contribution in [0.4, 0.5) is 4.39 Å². The summed E-state index contributed by atoms with van der Waals surface area (Å²) in [5.74, 6) is -0.814. The number of amides is 1. The zero-order valence-electron chi connectivity index (χ0n) is 16.9. The Morgan fingerprint density at radius 2 is 1.84 bits per heavy atom. The molecule has 2 aromatic rings. The van der Waals surface area contributed by atoms with Crippen LogP contribution in [0.15, 0.2) is 53.4 Å². The predicted molar refractivity (Wildman–Crippen MR) is 112 cm³/mol. The number of hydrogen-bond donors (Lipinski definition) is 2. The number of nitrogens with zero attached hydrogens (tertiary/aromatic N) is 1. The molecule has 2 unspecified atom stereocenters. The summed E-state index contributed by atoms with van der Waals surface area (Å²) in [7, 11) is -5.58. The average molecular weight is 471 g/mol. The van der Waals surface area contributed by atoms with Crippen LogP contribution in [-0.4, -0.2) is 51.1 Å². The molecule has 1 aliphatic rings. The third-order valence-electron chi connectivity index (χ3n) is 5.14. The molecule has 0 bridgehead atoms. The second-order valence-corrected chi connectivity index (χ2v) is 11.6. The topological polar surface area (TPSA) is 113 Å². The molecule has 0 aliphatic carbocycles. The molecule has 1 fully saturated rings. The van der Waals surface area contributed by atoms with Gasteiger partial charge in [0.05, 0.1) is 9.64 Å². The van der Waals surface area contributed by atoms with Crippen molar-refractivity contribution in [2.45, 2.75) is 36.1 Å². The third-order valence-corrected chi connectivity index (χ3v) is 8.97. The lowest BCUT2D eigenvalue weighted by Gasteiger charge is -2.42. The van der Waals surface area contributed by atoms with Crippen molar-refractivity contribution in [3.8, 4) is 5.75 Å². The van der Waals surface area contributed by atoms with Gasteiger partial charge in [-0.3, -0.25) is 14.2 Å². The number of rotatable bonds is 6. The Bertz CT molecular complexity index is 1070. The van der Waals surface area contributed by atoms with Gasteiger partial charge in [0.25, 0.3) is 5.91 Å². The molecular formula is C20H23FN2O6S2. The van der Waals surface area contributed by atoms with Crippen LogP contribution in [0.25, 0.3) is 0 Å². The molecule has 0 spiro atoms. The maximum atomic E-state index is 13.2. The first-order chi connectivity index (χ1) is 14.6. The summed E-state index contributed by atoms with van der Waals surface area (Å²) in [4.78, 5) is 12.2. The smallest absolute Gasteiger partial charge is 0.263 e. The van der Waals surface area contributed by atoms with E-state index in [1.54, 1.807) is 12.1 Å². The van der Waals surface area contributed by atoms with Crippen LogP contribution >= 0.6 is 0 Å². The van der Waals surface area contributed by atoms with Crippen molar-refractivity contribution >= 4 is 26.7 Å². The second kappa shape index (κ2) is 9.03. The Labute approximate surface area is 182 Å². The largest absolute Gasteiger partial charge is 0.489 e. The molecule has 31 heavy (non-hydrogen) atoms. The number of ether oxygens (including phenoxy) is 1. The fraction of sp³-hybridized carbons (Fsp3) is 0.350. The molecule has 2 atom stereocenters. The number of nitrogens with one attached hydrogen (secondary N) is 1. The van der Waals surface area contributed by atoms with E-state index in [0.29, 0.717) is 5.75 Å². The molecule has 2 aromatic carbocycles. The van der Waals surface area contributed by atoms with Crippen LogP contribution in [0, 0.1) is 5.82 Å². The molecule has 0 saturated carbocycles. The van der Waals surface area contributed by atoms with Crippen molar-refractivity contribution in [1.29, 1.82) is 0 Å². The molecule has 11 heteroatoms. The number of hydrogen-bond acceptors (Lipinski definition) is 6. The van der Waals surface area contributed by atoms with E-state index in [1.807, 2.05) is 0 Å². The van der Waals surface area contributed by atoms with Crippen molar-refractivity contribution in [3.63, 3.8) is 0 Å². The van der Waals surface area contributed by atoms with Gasteiger partial charge in [0.15, 0.2) is 0 Å². The Morgan fingerprint density at radius 3 is 2.42 bits per heavy atom. The van der Waals surface area contributed by atoms with Crippen LogP contribution in [0.5, 0.6) is 5.75 Å². The van der Waals surface area contributed by atoms with Gasteiger partial charge in [-0.25, -0.2) is 18.3 Å². The minimum absolute atomic E-state index is 0.0687. The average Bonchev–Trinajstić information content (AvgIpc) is 2.74. The highest BCUT2D eigenvalue weighted by molar-refractivity contribution is 7.90.